The Morgan fingerprint density at radius 3 is 2.60 bits per heavy atom. The average molecular weight is 344 g/mol. The Balaban J connectivity index is 1.74. The molecular weight excluding hydrogens is 319 g/mol. The van der Waals surface area contributed by atoms with E-state index in [1.54, 1.807) is 26.4 Å². The first kappa shape index (κ1) is 17.5. The van der Waals surface area contributed by atoms with Gasteiger partial charge in [-0.15, -0.1) is 0 Å². The van der Waals surface area contributed by atoms with Crippen molar-refractivity contribution < 1.29 is 13.9 Å². The molecule has 2 atom stereocenters. The summed E-state index contributed by atoms with van der Waals surface area (Å²) in [5.41, 5.74) is 8.35. The largest absolute Gasteiger partial charge is 0.493 e. The van der Waals surface area contributed by atoms with Gasteiger partial charge in [0.05, 0.1) is 14.2 Å². The first-order valence-electron chi connectivity index (χ1n) is 8.56. The minimum atomic E-state index is -0.215. The Morgan fingerprint density at radius 1 is 1.08 bits per heavy atom. The highest BCUT2D eigenvalue weighted by molar-refractivity contribution is 5.47. The number of hydrogen-bond donors (Lipinski definition) is 1. The van der Waals surface area contributed by atoms with Crippen molar-refractivity contribution in [3.63, 3.8) is 0 Å². The van der Waals surface area contributed by atoms with E-state index in [4.69, 9.17) is 15.2 Å². The topological polar surface area (TPSA) is 47.7 Å². The summed E-state index contributed by atoms with van der Waals surface area (Å²) in [4.78, 5) is 2.18. The van der Waals surface area contributed by atoms with Gasteiger partial charge in [-0.3, -0.25) is 0 Å². The lowest BCUT2D eigenvalue weighted by Gasteiger charge is -2.38. The number of ether oxygens (including phenoxy) is 2. The maximum absolute atomic E-state index is 13.5. The number of methoxy groups -OCH3 is 2. The quantitative estimate of drug-likeness (QED) is 0.905. The molecule has 0 aromatic heterocycles. The van der Waals surface area contributed by atoms with Crippen LogP contribution in [-0.2, 0) is 6.42 Å². The zero-order valence-corrected chi connectivity index (χ0v) is 14.7. The zero-order chi connectivity index (χ0) is 17.8. The second-order valence-corrected chi connectivity index (χ2v) is 6.64. The number of nitrogens with zero attached hydrogens (tertiary/aromatic N) is 1. The average Bonchev–Trinajstić information content (AvgIpc) is 2.61. The third kappa shape index (κ3) is 4.23. The number of piperidine rings is 1. The molecule has 0 aliphatic carbocycles. The molecular formula is C20H25FN2O2. The van der Waals surface area contributed by atoms with Gasteiger partial charge in [-0.25, -0.2) is 4.39 Å². The van der Waals surface area contributed by atoms with Crippen molar-refractivity contribution in [2.75, 3.05) is 32.2 Å². The van der Waals surface area contributed by atoms with Crippen LogP contribution in [0, 0.1) is 11.7 Å². The highest BCUT2D eigenvalue weighted by atomic mass is 19.1. The van der Waals surface area contributed by atoms with Crippen LogP contribution in [0.5, 0.6) is 11.5 Å². The lowest BCUT2D eigenvalue weighted by Crippen LogP contribution is -2.47. The van der Waals surface area contributed by atoms with E-state index in [-0.39, 0.29) is 11.9 Å². The predicted octanol–water partition coefficient (Wildman–Crippen LogP) is 3.24. The fraction of sp³-hybridized carbons (Fsp3) is 0.400. The lowest BCUT2D eigenvalue weighted by molar-refractivity contribution is 0.352. The number of rotatable bonds is 5. The number of hydrogen-bond acceptors (Lipinski definition) is 4. The van der Waals surface area contributed by atoms with E-state index >= 15 is 0 Å². The molecule has 1 aliphatic heterocycles. The molecule has 1 heterocycles. The van der Waals surface area contributed by atoms with E-state index in [9.17, 15) is 4.39 Å². The molecule has 2 unspecified atom stereocenters. The van der Waals surface area contributed by atoms with Crippen molar-refractivity contribution in [3.05, 3.63) is 53.8 Å². The van der Waals surface area contributed by atoms with Gasteiger partial charge in [0.2, 0.25) is 0 Å². The predicted molar refractivity (Wildman–Crippen MR) is 97.9 cm³/mol. The monoisotopic (exact) mass is 344 g/mol. The van der Waals surface area contributed by atoms with Gasteiger partial charge in [0.25, 0.3) is 0 Å². The summed E-state index contributed by atoms with van der Waals surface area (Å²) in [7, 11) is 3.28. The molecule has 0 spiro atoms. The van der Waals surface area contributed by atoms with Crippen LogP contribution in [-0.4, -0.2) is 33.4 Å². The van der Waals surface area contributed by atoms with E-state index < -0.39 is 0 Å². The van der Waals surface area contributed by atoms with Crippen LogP contribution in [0.15, 0.2) is 42.5 Å². The standard InChI is InChI=1S/C20H25FN2O2/c1-24-19-7-6-14(10-20(19)25-2)8-15-9-17(22)13-23(12-15)18-5-3-4-16(21)11-18/h3-7,10-11,15,17H,8-9,12-13,22H2,1-2H3. The summed E-state index contributed by atoms with van der Waals surface area (Å²) in [5, 5.41) is 0. The van der Waals surface area contributed by atoms with Crippen molar-refractivity contribution in [2.45, 2.75) is 18.9 Å². The minimum Gasteiger partial charge on any atom is -0.493 e. The molecule has 1 aliphatic rings. The highest BCUT2D eigenvalue weighted by Crippen LogP contribution is 2.30. The molecule has 0 amide bonds. The van der Waals surface area contributed by atoms with E-state index in [1.807, 2.05) is 18.2 Å². The Hall–Kier alpha value is -2.27. The van der Waals surface area contributed by atoms with Crippen molar-refractivity contribution in [3.8, 4) is 11.5 Å². The maximum atomic E-state index is 13.5. The molecule has 5 heteroatoms. The first-order valence-corrected chi connectivity index (χ1v) is 8.56. The third-order valence-corrected chi connectivity index (χ3v) is 4.72. The van der Waals surface area contributed by atoms with Gasteiger partial charge in [0.15, 0.2) is 11.5 Å². The van der Waals surface area contributed by atoms with Gasteiger partial charge in [0, 0.05) is 24.8 Å². The van der Waals surface area contributed by atoms with E-state index in [0.29, 0.717) is 5.92 Å². The molecule has 3 rings (SSSR count). The van der Waals surface area contributed by atoms with Crippen LogP contribution >= 0.6 is 0 Å². The van der Waals surface area contributed by atoms with Crippen LogP contribution in [0.4, 0.5) is 10.1 Å². The number of anilines is 1. The van der Waals surface area contributed by atoms with Gasteiger partial charge in [-0.05, 0) is 54.7 Å². The third-order valence-electron chi connectivity index (χ3n) is 4.72. The van der Waals surface area contributed by atoms with Crippen LogP contribution in [0.3, 0.4) is 0 Å². The number of benzene rings is 2. The molecule has 1 saturated heterocycles. The van der Waals surface area contributed by atoms with Gasteiger partial charge in [0.1, 0.15) is 5.82 Å². The summed E-state index contributed by atoms with van der Waals surface area (Å²) in [5.74, 6) is 1.66. The second-order valence-electron chi connectivity index (χ2n) is 6.64. The summed E-state index contributed by atoms with van der Waals surface area (Å²) < 4.78 is 24.2. The Kier molecular flexibility index (Phi) is 5.43. The molecule has 134 valence electrons. The Bertz CT molecular complexity index is 723. The molecule has 2 aromatic carbocycles. The lowest BCUT2D eigenvalue weighted by atomic mass is 9.88. The normalized spacial score (nSPS) is 20.4. The summed E-state index contributed by atoms with van der Waals surface area (Å²) in [6.45, 7) is 1.62. The van der Waals surface area contributed by atoms with Crippen LogP contribution in [0.2, 0.25) is 0 Å². The maximum Gasteiger partial charge on any atom is 0.160 e. The van der Waals surface area contributed by atoms with Gasteiger partial charge >= 0.3 is 0 Å². The van der Waals surface area contributed by atoms with Crippen LogP contribution < -0.4 is 20.1 Å². The van der Waals surface area contributed by atoms with Crippen LogP contribution in [0.25, 0.3) is 0 Å². The Labute approximate surface area is 148 Å². The molecule has 0 radical (unpaired) electrons. The summed E-state index contributed by atoms with van der Waals surface area (Å²) in [6, 6.07) is 12.8. The number of halogens is 1. The molecule has 25 heavy (non-hydrogen) atoms. The summed E-state index contributed by atoms with van der Waals surface area (Å²) in [6.07, 6.45) is 1.86. The van der Waals surface area contributed by atoms with E-state index in [2.05, 4.69) is 11.0 Å². The fourth-order valence-electron chi connectivity index (χ4n) is 3.62. The molecule has 1 fully saturated rings. The van der Waals surface area contributed by atoms with Crippen LogP contribution in [0.1, 0.15) is 12.0 Å². The van der Waals surface area contributed by atoms with Gasteiger partial charge < -0.3 is 20.1 Å². The van der Waals surface area contributed by atoms with Crippen molar-refractivity contribution >= 4 is 5.69 Å². The minimum absolute atomic E-state index is 0.0853. The molecule has 4 nitrogen and oxygen atoms in total. The van der Waals surface area contributed by atoms with E-state index in [1.165, 1.54) is 11.6 Å². The number of nitrogens with two attached hydrogens (primary N) is 1. The second kappa shape index (κ2) is 7.74. The summed E-state index contributed by atoms with van der Waals surface area (Å²) >= 11 is 0. The van der Waals surface area contributed by atoms with Crippen molar-refractivity contribution in [1.29, 1.82) is 0 Å². The van der Waals surface area contributed by atoms with Crippen molar-refractivity contribution in [2.24, 2.45) is 11.7 Å². The van der Waals surface area contributed by atoms with Crippen molar-refractivity contribution in [1.82, 2.24) is 0 Å². The smallest absolute Gasteiger partial charge is 0.160 e. The molecule has 2 aromatic rings. The highest BCUT2D eigenvalue weighted by Gasteiger charge is 2.26. The fourth-order valence-corrected chi connectivity index (χ4v) is 3.62. The molecule has 0 bridgehead atoms. The SMILES string of the molecule is COc1ccc(CC2CC(N)CN(c3cccc(F)c3)C2)cc1OC. The molecule has 0 saturated carbocycles. The van der Waals surface area contributed by atoms with E-state index in [0.717, 1.165) is 43.1 Å². The molecule has 2 N–H and O–H groups in total. The zero-order valence-electron chi connectivity index (χ0n) is 14.7. The van der Waals surface area contributed by atoms with Gasteiger partial charge in [-0.1, -0.05) is 12.1 Å². The Morgan fingerprint density at radius 2 is 1.88 bits per heavy atom. The van der Waals surface area contributed by atoms with Gasteiger partial charge in [-0.2, -0.15) is 0 Å². The first-order chi connectivity index (χ1) is 12.1.